The lowest BCUT2D eigenvalue weighted by atomic mass is 9.99. The number of halogens is 2. The van der Waals surface area contributed by atoms with E-state index in [1.807, 2.05) is 0 Å². The van der Waals surface area contributed by atoms with Crippen molar-refractivity contribution in [1.82, 2.24) is 4.98 Å². The lowest BCUT2D eigenvalue weighted by molar-refractivity contribution is 0.787. The summed E-state index contributed by atoms with van der Waals surface area (Å²) >= 11 is 8.75. The Hall–Kier alpha value is -0.390. The van der Waals surface area contributed by atoms with Crippen molar-refractivity contribution in [1.29, 1.82) is 0 Å². The molecule has 1 atom stereocenters. The van der Waals surface area contributed by atoms with Crippen LogP contribution in [0.5, 0.6) is 0 Å². The number of nitrogen functional groups attached to an aromatic ring is 1. The van der Waals surface area contributed by atoms with E-state index in [4.69, 9.17) is 5.73 Å². The molecule has 2 nitrogen and oxygen atoms in total. The molecule has 0 amide bonds. The molecular formula is C12H10Br2N2S. The van der Waals surface area contributed by atoms with Crippen LogP contribution in [-0.2, 0) is 6.42 Å². The first-order chi connectivity index (χ1) is 8.15. The molecule has 0 aliphatic heterocycles. The van der Waals surface area contributed by atoms with E-state index in [0.29, 0.717) is 11.0 Å². The van der Waals surface area contributed by atoms with Gasteiger partial charge < -0.3 is 5.73 Å². The number of benzene rings is 1. The van der Waals surface area contributed by atoms with Crippen LogP contribution in [0, 0.1) is 0 Å². The van der Waals surface area contributed by atoms with E-state index in [1.165, 1.54) is 16.1 Å². The van der Waals surface area contributed by atoms with Gasteiger partial charge in [-0.3, -0.25) is 0 Å². The van der Waals surface area contributed by atoms with Crippen molar-refractivity contribution >= 4 is 48.3 Å². The van der Waals surface area contributed by atoms with E-state index >= 15 is 0 Å². The first-order valence-corrected chi connectivity index (χ1v) is 7.75. The topological polar surface area (TPSA) is 38.9 Å². The van der Waals surface area contributed by atoms with Crippen molar-refractivity contribution in [3.63, 3.8) is 0 Å². The maximum absolute atomic E-state index is 5.78. The van der Waals surface area contributed by atoms with Crippen LogP contribution in [0.1, 0.15) is 28.5 Å². The second-order valence-corrected chi connectivity index (χ2v) is 6.95. The van der Waals surface area contributed by atoms with Gasteiger partial charge in [0.2, 0.25) is 0 Å². The van der Waals surface area contributed by atoms with E-state index in [2.05, 4.69) is 55.0 Å². The molecule has 1 heterocycles. The monoisotopic (exact) mass is 372 g/mol. The quantitative estimate of drug-likeness (QED) is 0.807. The Morgan fingerprint density at radius 1 is 1.35 bits per heavy atom. The van der Waals surface area contributed by atoms with Gasteiger partial charge in [-0.2, -0.15) is 0 Å². The molecule has 0 saturated heterocycles. The molecular weight excluding hydrogens is 364 g/mol. The molecule has 5 heteroatoms. The second-order valence-electron chi connectivity index (χ2n) is 4.12. The van der Waals surface area contributed by atoms with Crippen LogP contribution in [0.4, 0.5) is 5.13 Å². The predicted molar refractivity (Wildman–Crippen MR) is 78.5 cm³/mol. The Morgan fingerprint density at radius 2 is 2.18 bits per heavy atom. The Morgan fingerprint density at radius 3 is 2.94 bits per heavy atom. The zero-order valence-electron chi connectivity index (χ0n) is 8.91. The highest BCUT2D eigenvalue weighted by molar-refractivity contribution is 9.11. The third kappa shape index (κ3) is 2.04. The maximum Gasteiger partial charge on any atom is 0.180 e. The van der Waals surface area contributed by atoms with Gasteiger partial charge in [-0.05, 0) is 30.5 Å². The predicted octanol–water partition coefficient (Wildman–Crippen LogP) is 4.33. The highest BCUT2D eigenvalue weighted by Crippen LogP contribution is 2.44. The fourth-order valence-electron chi connectivity index (χ4n) is 2.33. The number of hydrogen-bond acceptors (Lipinski definition) is 3. The highest BCUT2D eigenvalue weighted by atomic mass is 79.9. The van der Waals surface area contributed by atoms with Crippen molar-refractivity contribution in [2.45, 2.75) is 18.8 Å². The van der Waals surface area contributed by atoms with Crippen LogP contribution in [0.2, 0.25) is 0 Å². The molecule has 0 saturated carbocycles. The van der Waals surface area contributed by atoms with E-state index in [9.17, 15) is 0 Å². The largest absolute Gasteiger partial charge is 0.375 e. The third-order valence-corrected chi connectivity index (χ3v) is 5.29. The summed E-state index contributed by atoms with van der Waals surface area (Å²) in [5.74, 6) is 0.447. The van der Waals surface area contributed by atoms with Crippen LogP contribution >= 0.6 is 43.2 Å². The number of fused-ring (bicyclic) bond motifs is 1. The summed E-state index contributed by atoms with van der Waals surface area (Å²) in [7, 11) is 0. The zero-order valence-corrected chi connectivity index (χ0v) is 12.9. The van der Waals surface area contributed by atoms with E-state index in [0.717, 1.165) is 21.8 Å². The Kier molecular flexibility index (Phi) is 3.00. The normalized spacial score (nSPS) is 18.4. The molecule has 1 aliphatic carbocycles. The van der Waals surface area contributed by atoms with Crippen molar-refractivity contribution in [3.8, 4) is 0 Å². The molecule has 88 valence electrons. The Balaban J connectivity index is 2.06. The summed E-state index contributed by atoms with van der Waals surface area (Å²) in [6, 6.07) is 6.35. The number of thiazole rings is 1. The van der Waals surface area contributed by atoms with E-state index in [1.54, 1.807) is 11.3 Å². The first kappa shape index (κ1) is 11.7. The summed E-state index contributed by atoms with van der Waals surface area (Å²) < 4.78 is 2.24. The summed E-state index contributed by atoms with van der Waals surface area (Å²) in [6.07, 6.45) is 2.17. The molecule has 17 heavy (non-hydrogen) atoms. The molecule has 3 rings (SSSR count). The van der Waals surface area contributed by atoms with Gasteiger partial charge in [-0.1, -0.05) is 37.9 Å². The number of rotatable bonds is 1. The molecule has 1 aliphatic rings. The molecule has 0 bridgehead atoms. The molecule has 2 N–H and O–H groups in total. The third-order valence-electron chi connectivity index (χ3n) is 3.07. The molecule has 0 radical (unpaired) electrons. The summed E-state index contributed by atoms with van der Waals surface area (Å²) in [4.78, 5) is 5.72. The number of aryl methyl sites for hydroxylation is 1. The van der Waals surface area contributed by atoms with Gasteiger partial charge in [-0.25, -0.2) is 4.98 Å². The SMILES string of the molecule is Nc1nc2c(s1)C(c1ccc(Br)cc1Br)CC2. The van der Waals surface area contributed by atoms with Crippen molar-refractivity contribution < 1.29 is 0 Å². The summed E-state index contributed by atoms with van der Waals surface area (Å²) in [5, 5.41) is 0.688. The van der Waals surface area contributed by atoms with Gasteiger partial charge in [-0.15, -0.1) is 11.3 Å². The second kappa shape index (κ2) is 4.37. The zero-order chi connectivity index (χ0) is 12.0. The van der Waals surface area contributed by atoms with Crippen LogP contribution in [0.15, 0.2) is 27.1 Å². The lowest BCUT2D eigenvalue weighted by Gasteiger charge is -2.12. The number of nitrogens with two attached hydrogens (primary N) is 1. The number of anilines is 1. The number of nitrogens with zero attached hydrogens (tertiary/aromatic N) is 1. The molecule has 0 spiro atoms. The molecule has 1 aromatic heterocycles. The minimum Gasteiger partial charge on any atom is -0.375 e. The number of hydrogen-bond donors (Lipinski definition) is 1. The molecule has 1 unspecified atom stereocenters. The Bertz CT molecular complexity index is 580. The van der Waals surface area contributed by atoms with Crippen LogP contribution in [0.3, 0.4) is 0 Å². The van der Waals surface area contributed by atoms with Gasteiger partial charge in [0.05, 0.1) is 5.69 Å². The van der Waals surface area contributed by atoms with Gasteiger partial charge in [0, 0.05) is 19.7 Å². The van der Waals surface area contributed by atoms with Crippen molar-refractivity contribution in [3.05, 3.63) is 43.3 Å². The fourth-order valence-corrected chi connectivity index (χ4v) is 4.68. The molecule has 1 aromatic carbocycles. The maximum atomic E-state index is 5.78. The minimum atomic E-state index is 0.447. The smallest absolute Gasteiger partial charge is 0.180 e. The fraction of sp³-hybridized carbons (Fsp3) is 0.250. The van der Waals surface area contributed by atoms with Gasteiger partial charge in [0.15, 0.2) is 5.13 Å². The Labute approximate surface area is 121 Å². The first-order valence-electron chi connectivity index (χ1n) is 5.35. The average molecular weight is 374 g/mol. The van der Waals surface area contributed by atoms with Crippen molar-refractivity contribution in [2.75, 3.05) is 5.73 Å². The molecule has 0 fully saturated rings. The highest BCUT2D eigenvalue weighted by Gasteiger charge is 2.29. The van der Waals surface area contributed by atoms with E-state index < -0.39 is 0 Å². The average Bonchev–Trinajstić information content (AvgIpc) is 2.78. The van der Waals surface area contributed by atoms with Crippen LogP contribution in [-0.4, -0.2) is 4.98 Å². The van der Waals surface area contributed by atoms with Crippen LogP contribution < -0.4 is 5.73 Å². The van der Waals surface area contributed by atoms with Gasteiger partial charge >= 0.3 is 0 Å². The van der Waals surface area contributed by atoms with Gasteiger partial charge in [0.1, 0.15) is 0 Å². The summed E-state index contributed by atoms with van der Waals surface area (Å²) in [6.45, 7) is 0. The van der Waals surface area contributed by atoms with Crippen molar-refractivity contribution in [2.24, 2.45) is 0 Å². The standard InChI is InChI=1S/C12H10Br2N2S/c13-6-1-2-7(9(14)5-6)8-3-4-10-11(8)17-12(15)16-10/h1-2,5,8H,3-4H2,(H2,15,16). The van der Waals surface area contributed by atoms with Crippen LogP contribution in [0.25, 0.3) is 0 Å². The van der Waals surface area contributed by atoms with Gasteiger partial charge in [0.25, 0.3) is 0 Å². The number of aromatic nitrogens is 1. The lowest BCUT2D eigenvalue weighted by Crippen LogP contribution is -1.95. The van der Waals surface area contributed by atoms with E-state index in [-0.39, 0.29) is 0 Å². The molecule has 2 aromatic rings. The minimum absolute atomic E-state index is 0.447. The summed E-state index contributed by atoms with van der Waals surface area (Å²) in [5.41, 5.74) is 8.30.